The van der Waals surface area contributed by atoms with Gasteiger partial charge in [-0.25, -0.2) is 0 Å². The van der Waals surface area contributed by atoms with Crippen molar-refractivity contribution in [3.63, 3.8) is 0 Å². The van der Waals surface area contributed by atoms with Crippen LogP contribution < -0.4 is 19.7 Å². The molecule has 2 heterocycles. The van der Waals surface area contributed by atoms with E-state index < -0.39 is 0 Å². The van der Waals surface area contributed by atoms with Crippen molar-refractivity contribution >= 4 is 11.6 Å². The molecule has 0 saturated carbocycles. The number of piperazine rings is 1. The van der Waals surface area contributed by atoms with Gasteiger partial charge in [-0.15, -0.1) is 0 Å². The minimum Gasteiger partial charge on any atom is -0.497 e. The molecule has 7 heteroatoms. The number of nitrogens with zero attached hydrogens (tertiary/aromatic N) is 2. The Balaban J connectivity index is 1.31. The van der Waals surface area contributed by atoms with Crippen molar-refractivity contribution in [1.29, 1.82) is 0 Å². The van der Waals surface area contributed by atoms with Gasteiger partial charge in [-0.1, -0.05) is 18.2 Å². The molecule has 1 aliphatic rings. The van der Waals surface area contributed by atoms with Crippen molar-refractivity contribution < 1.29 is 18.7 Å². The molecular weight excluding hydrogens is 406 g/mol. The predicted octanol–water partition coefficient (Wildman–Crippen LogP) is 3.35. The highest BCUT2D eigenvalue weighted by Crippen LogP contribution is 2.25. The van der Waals surface area contributed by atoms with E-state index in [0.29, 0.717) is 12.3 Å². The summed E-state index contributed by atoms with van der Waals surface area (Å²) in [5, 5.41) is 3.00. The lowest BCUT2D eigenvalue weighted by Gasteiger charge is -2.39. The van der Waals surface area contributed by atoms with Gasteiger partial charge in [0, 0.05) is 38.4 Å². The second-order valence-electron chi connectivity index (χ2n) is 7.66. The molecule has 1 saturated heterocycles. The molecule has 0 unspecified atom stereocenters. The van der Waals surface area contributed by atoms with Gasteiger partial charge in [0.05, 0.1) is 19.4 Å². The summed E-state index contributed by atoms with van der Waals surface area (Å²) in [6, 6.07) is 21.3. The zero-order valence-electron chi connectivity index (χ0n) is 18.3. The van der Waals surface area contributed by atoms with E-state index in [4.69, 9.17) is 13.9 Å². The van der Waals surface area contributed by atoms with Gasteiger partial charge in [0.2, 0.25) is 0 Å². The molecule has 1 atom stereocenters. The topological polar surface area (TPSA) is 67.2 Å². The highest BCUT2D eigenvalue weighted by atomic mass is 16.5. The fourth-order valence-corrected chi connectivity index (χ4v) is 3.90. The van der Waals surface area contributed by atoms with Gasteiger partial charge in [-0.05, 0) is 48.5 Å². The van der Waals surface area contributed by atoms with Crippen LogP contribution in [0.2, 0.25) is 0 Å². The maximum Gasteiger partial charge on any atom is 0.258 e. The Bertz CT molecular complexity index is 953. The maximum atomic E-state index is 12.4. The largest absolute Gasteiger partial charge is 0.497 e. The smallest absolute Gasteiger partial charge is 0.258 e. The van der Waals surface area contributed by atoms with Gasteiger partial charge in [-0.2, -0.15) is 0 Å². The first-order chi connectivity index (χ1) is 15.7. The Labute approximate surface area is 188 Å². The summed E-state index contributed by atoms with van der Waals surface area (Å²) < 4.78 is 16.5. The lowest BCUT2D eigenvalue weighted by atomic mass is 10.1. The molecule has 0 aliphatic carbocycles. The quantitative estimate of drug-likeness (QED) is 0.556. The fraction of sp³-hybridized carbons (Fsp3) is 0.320. The molecule has 0 radical (unpaired) electrons. The summed E-state index contributed by atoms with van der Waals surface area (Å²) in [5.74, 6) is 2.24. The summed E-state index contributed by atoms with van der Waals surface area (Å²) in [7, 11) is 1.68. The second kappa shape index (κ2) is 10.7. The number of carbonyl (C=O) groups excluding carboxylic acids is 1. The van der Waals surface area contributed by atoms with Gasteiger partial charge >= 0.3 is 0 Å². The summed E-state index contributed by atoms with van der Waals surface area (Å²) in [5.41, 5.74) is 1.19. The minimum atomic E-state index is -0.151. The van der Waals surface area contributed by atoms with E-state index in [-0.39, 0.29) is 18.6 Å². The van der Waals surface area contributed by atoms with Crippen LogP contribution in [0.25, 0.3) is 0 Å². The van der Waals surface area contributed by atoms with Crippen LogP contribution in [-0.2, 0) is 4.79 Å². The summed E-state index contributed by atoms with van der Waals surface area (Å²) in [6.45, 7) is 3.98. The number of anilines is 1. The predicted molar refractivity (Wildman–Crippen MR) is 123 cm³/mol. The number of para-hydroxylation sites is 1. The van der Waals surface area contributed by atoms with E-state index in [1.54, 1.807) is 13.4 Å². The number of hydrogen-bond acceptors (Lipinski definition) is 6. The van der Waals surface area contributed by atoms with Crippen LogP contribution >= 0.6 is 0 Å². The van der Waals surface area contributed by atoms with Crippen LogP contribution in [-0.4, -0.2) is 57.2 Å². The average molecular weight is 436 g/mol. The lowest BCUT2D eigenvalue weighted by Crippen LogP contribution is -2.50. The number of rotatable bonds is 9. The molecule has 1 N–H and O–H groups in total. The van der Waals surface area contributed by atoms with Gasteiger partial charge in [0.15, 0.2) is 6.61 Å². The van der Waals surface area contributed by atoms with Crippen LogP contribution in [0.5, 0.6) is 11.5 Å². The van der Waals surface area contributed by atoms with Crippen LogP contribution in [0.4, 0.5) is 5.69 Å². The Hall–Kier alpha value is -3.45. The molecule has 7 nitrogen and oxygen atoms in total. The third kappa shape index (κ3) is 5.62. The molecule has 1 aromatic heterocycles. The first kappa shape index (κ1) is 21.8. The fourth-order valence-electron chi connectivity index (χ4n) is 3.90. The van der Waals surface area contributed by atoms with E-state index >= 15 is 0 Å². The first-order valence-electron chi connectivity index (χ1n) is 10.8. The van der Waals surface area contributed by atoms with Crippen molar-refractivity contribution in [2.75, 3.05) is 51.3 Å². The molecule has 3 aromatic rings. The third-order valence-electron chi connectivity index (χ3n) is 5.67. The number of nitrogens with one attached hydrogen (secondary N) is 1. The average Bonchev–Trinajstić information content (AvgIpc) is 3.39. The van der Waals surface area contributed by atoms with Crippen LogP contribution in [0.3, 0.4) is 0 Å². The molecule has 1 aliphatic heterocycles. The zero-order valence-corrected chi connectivity index (χ0v) is 18.3. The molecule has 32 heavy (non-hydrogen) atoms. The Morgan fingerprint density at radius 2 is 1.72 bits per heavy atom. The van der Waals surface area contributed by atoms with Crippen LogP contribution in [0, 0.1) is 0 Å². The van der Waals surface area contributed by atoms with Crippen molar-refractivity contribution in [2.24, 2.45) is 0 Å². The van der Waals surface area contributed by atoms with E-state index in [1.165, 1.54) is 5.69 Å². The number of ether oxygens (including phenoxy) is 2. The van der Waals surface area contributed by atoms with Gasteiger partial charge in [0.1, 0.15) is 17.3 Å². The van der Waals surface area contributed by atoms with E-state index in [0.717, 1.165) is 37.7 Å². The zero-order chi connectivity index (χ0) is 22.2. The van der Waals surface area contributed by atoms with Gasteiger partial charge in [-0.3, -0.25) is 9.69 Å². The maximum absolute atomic E-state index is 12.4. The molecule has 4 rings (SSSR count). The summed E-state index contributed by atoms with van der Waals surface area (Å²) in [4.78, 5) is 17.1. The van der Waals surface area contributed by atoms with Crippen molar-refractivity contribution in [3.8, 4) is 11.5 Å². The molecule has 1 fully saturated rings. The Kier molecular flexibility index (Phi) is 7.30. The second-order valence-corrected chi connectivity index (χ2v) is 7.66. The van der Waals surface area contributed by atoms with Gasteiger partial charge < -0.3 is 24.1 Å². The van der Waals surface area contributed by atoms with Crippen molar-refractivity contribution in [3.05, 3.63) is 78.8 Å². The number of furan rings is 1. The lowest BCUT2D eigenvalue weighted by molar-refractivity contribution is -0.123. The molecule has 0 bridgehead atoms. The standard InChI is InChI=1S/C25H29N3O4/c1-30-21-11-9-20(10-12-21)27-13-15-28(16-14-27)23(24-8-5-17-31-24)18-26-25(29)19-32-22-6-3-2-4-7-22/h2-12,17,23H,13-16,18-19H2,1H3,(H,26,29)/t23-/m0/s1. The number of hydrogen-bond donors (Lipinski definition) is 1. The number of methoxy groups -OCH3 is 1. The molecule has 0 spiro atoms. The number of amides is 1. The SMILES string of the molecule is COc1ccc(N2CCN([C@@H](CNC(=O)COc3ccccc3)c3ccco3)CC2)cc1. The molecule has 2 aromatic carbocycles. The molecule has 168 valence electrons. The summed E-state index contributed by atoms with van der Waals surface area (Å²) in [6.07, 6.45) is 1.68. The van der Waals surface area contributed by atoms with Gasteiger partial charge in [0.25, 0.3) is 5.91 Å². The highest BCUT2D eigenvalue weighted by molar-refractivity contribution is 5.77. The number of benzene rings is 2. The van der Waals surface area contributed by atoms with E-state index in [9.17, 15) is 4.79 Å². The highest BCUT2D eigenvalue weighted by Gasteiger charge is 2.27. The minimum absolute atomic E-state index is 0.0138. The normalized spacial score (nSPS) is 15.2. The summed E-state index contributed by atoms with van der Waals surface area (Å²) >= 11 is 0. The van der Waals surface area contributed by atoms with E-state index in [2.05, 4.69) is 27.2 Å². The Morgan fingerprint density at radius 3 is 2.38 bits per heavy atom. The molecule has 1 amide bonds. The van der Waals surface area contributed by atoms with Crippen LogP contribution in [0.1, 0.15) is 11.8 Å². The third-order valence-corrected chi connectivity index (χ3v) is 5.67. The van der Waals surface area contributed by atoms with Crippen molar-refractivity contribution in [2.45, 2.75) is 6.04 Å². The van der Waals surface area contributed by atoms with E-state index in [1.807, 2.05) is 54.6 Å². The Morgan fingerprint density at radius 1 is 0.969 bits per heavy atom. The first-order valence-corrected chi connectivity index (χ1v) is 10.8. The number of carbonyl (C=O) groups is 1. The molecular formula is C25H29N3O4. The monoisotopic (exact) mass is 435 g/mol. The van der Waals surface area contributed by atoms with Crippen LogP contribution in [0.15, 0.2) is 77.4 Å². The van der Waals surface area contributed by atoms with Crippen molar-refractivity contribution in [1.82, 2.24) is 10.2 Å².